The molecule has 25 heavy (non-hydrogen) atoms. The Bertz CT molecular complexity index is 834. The quantitative estimate of drug-likeness (QED) is 0.805. The van der Waals surface area contributed by atoms with Gasteiger partial charge in [0.25, 0.3) is 0 Å². The maximum Gasteiger partial charge on any atom is 0.415 e. The van der Waals surface area contributed by atoms with Crippen molar-refractivity contribution in [1.29, 1.82) is 5.26 Å². The van der Waals surface area contributed by atoms with E-state index in [0.717, 1.165) is 5.56 Å². The highest BCUT2D eigenvalue weighted by Gasteiger charge is 2.44. The summed E-state index contributed by atoms with van der Waals surface area (Å²) in [7, 11) is 0. The second-order valence-electron chi connectivity index (χ2n) is 6.12. The van der Waals surface area contributed by atoms with Crippen LogP contribution < -0.4 is 0 Å². The highest BCUT2D eigenvalue weighted by molar-refractivity contribution is 6.35. The lowest BCUT2D eigenvalue weighted by Gasteiger charge is -2.37. The summed E-state index contributed by atoms with van der Waals surface area (Å²) >= 11 is 6.13. The van der Waals surface area contributed by atoms with Crippen LogP contribution in [-0.2, 0) is 11.3 Å². The lowest BCUT2D eigenvalue weighted by molar-refractivity contribution is -0.252. The minimum Gasteiger partial charge on any atom is -0.363 e. The molecule has 2 atom stereocenters. The summed E-state index contributed by atoms with van der Waals surface area (Å²) in [5.74, 6) is 0. The molecule has 0 amide bonds. The minimum absolute atomic E-state index is 0.201. The van der Waals surface area contributed by atoms with E-state index in [0.29, 0.717) is 29.0 Å². The maximum absolute atomic E-state index is 13.0. The minimum atomic E-state index is -4.38. The zero-order chi connectivity index (χ0) is 18.2. The monoisotopic (exact) mass is 369 g/mol. The summed E-state index contributed by atoms with van der Waals surface area (Å²) < 4.78 is 43.9. The van der Waals surface area contributed by atoms with Crippen molar-refractivity contribution in [2.45, 2.75) is 31.9 Å². The summed E-state index contributed by atoms with van der Waals surface area (Å²) in [5.41, 5.74) is 1.56. The molecule has 0 aliphatic carbocycles. The van der Waals surface area contributed by atoms with Crippen LogP contribution in [-0.4, -0.2) is 41.4 Å². The van der Waals surface area contributed by atoms with Gasteiger partial charge in [0, 0.05) is 25.0 Å². The van der Waals surface area contributed by atoms with Crippen molar-refractivity contribution < 1.29 is 17.9 Å². The van der Waals surface area contributed by atoms with Gasteiger partial charge in [0.1, 0.15) is 11.8 Å². The van der Waals surface area contributed by atoms with Crippen molar-refractivity contribution >= 4 is 22.5 Å². The predicted molar refractivity (Wildman–Crippen MR) is 87.1 cm³/mol. The first kappa shape index (κ1) is 17.9. The van der Waals surface area contributed by atoms with Crippen molar-refractivity contribution in [2.24, 2.45) is 0 Å². The molecule has 1 aliphatic heterocycles. The van der Waals surface area contributed by atoms with Crippen molar-refractivity contribution in [1.82, 2.24) is 9.88 Å². The number of aromatic nitrogens is 1. The second kappa shape index (κ2) is 6.79. The van der Waals surface area contributed by atoms with Crippen LogP contribution >= 0.6 is 11.6 Å². The third-order valence-corrected chi connectivity index (χ3v) is 4.36. The zero-order valence-electron chi connectivity index (χ0n) is 13.3. The summed E-state index contributed by atoms with van der Waals surface area (Å²) in [6, 6.07) is 8.76. The van der Waals surface area contributed by atoms with Crippen molar-refractivity contribution in [3.8, 4) is 6.07 Å². The topological polar surface area (TPSA) is 49.2 Å². The lowest BCUT2D eigenvalue weighted by atomic mass is 10.1. The number of alkyl halides is 3. The lowest BCUT2D eigenvalue weighted by Crippen LogP contribution is -2.51. The van der Waals surface area contributed by atoms with E-state index in [4.69, 9.17) is 21.6 Å². The van der Waals surface area contributed by atoms with E-state index < -0.39 is 18.4 Å². The van der Waals surface area contributed by atoms with Crippen molar-refractivity contribution in [2.75, 3.05) is 13.1 Å². The van der Waals surface area contributed by atoms with Crippen LogP contribution in [0.3, 0.4) is 0 Å². The molecule has 0 bridgehead atoms. The second-order valence-corrected chi connectivity index (χ2v) is 6.53. The first-order chi connectivity index (χ1) is 11.8. The fraction of sp³-hybridized carbons (Fsp3) is 0.412. The number of ether oxygens (including phenoxy) is 1. The Morgan fingerprint density at radius 3 is 2.80 bits per heavy atom. The van der Waals surface area contributed by atoms with Gasteiger partial charge in [0.2, 0.25) is 0 Å². The molecule has 0 spiro atoms. The summed E-state index contributed by atoms with van der Waals surface area (Å²) in [5, 5.41) is 10.1. The molecule has 0 unspecified atom stereocenters. The van der Waals surface area contributed by atoms with Crippen LogP contribution in [0.4, 0.5) is 13.2 Å². The summed E-state index contributed by atoms with van der Waals surface area (Å²) in [4.78, 5) is 5.92. The smallest absolute Gasteiger partial charge is 0.363 e. The van der Waals surface area contributed by atoms with Crippen LogP contribution in [0.1, 0.15) is 18.2 Å². The van der Waals surface area contributed by atoms with Gasteiger partial charge in [-0.2, -0.15) is 18.4 Å². The number of hydrogen-bond acceptors (Lipinski definition) is 4. The van der Waals surface area contributed by atoms with E-state index in [1.54, 1.807) is 24.0 Å². The van der Waals surface area contributed by atoms with Crippen LogP contribution in [0, 0.1) is 11.3 Å². The van der Waals surface area contributed by atoms with E-state index in [1.807, 2.05) is 12.1 Å². The number of fused-ring (bicyclic) bond motifs is 1. The molecule has 8 heteroatoms. The number of nitrogens with zero attached hydrogens (tertiary/aromatic N) is 3. The number of benzene rings is 1. The highest BCUT2D eigenvalue weighted by atomic mass is 35.5. The van der Waals surface area contributed by atoms with E-state index in [1.165, 1.54) is 6.07 Å². The molecule has 1 fully saturated rings. The van der Waals surface area contributed by atoms with Gasteiger partial charge in [-0.15, -0.1) is 0 Å². The average molecular weight is 370 g/mol. The Balaban J connectivity index is 1.84. The number of nitriles is 1. The van der Waals surface area contributed by atoms with Gasteiger partial charge in [0.05, 0.1) is 16.6 Å². The molecule has 1 aromatic carbocycles. The van der Waals surface area contributed by atoms with Crippen molar-refractivity contribution in [3.63, 3.8) is 0 Å². The number of hydrogen-bond donors (Lipinski definition) is 0. The van der Waals surface area contributed by atoms with E-state index >= 15 is 0 Å². The first-order valence-electron chi connectivity index (χ1n) is 7.70. The zero-order valence-corrected chi connectivity index (χ0v) is 14.1. The third-order valence-electron chi connectivity index (χ3n) is 4.05. The molecular formula is C17H15ClF3N3O. The normalized spacial score (nSPS) is 22.1. The Labute approximate surface area is 147 Å². The first-order valence-corrected chi connectivity index (χ1v) is 8.08. The average Bonchev–Trinajstić information content (AvgIpc) is 2.53. The maximum atomic E-state index is 13.0. The summed E-state index contributed by atoms with van der Waals surface area (Å²) in [6.45, 7) is 2.17. The molecule has 0 radical (unpaired) electrons. The molecule has 4 nitrogen and oxygen atoms in total. The number of pyridine rings is 1. The van der Waals surface area contributed by atoms with Gasteiger partial charge >= 0.3 is 6.18 Å². The van der Waals surface area contributed by atoms with Crippen molar-refractivity contribution in [3.05, 3.63) is 40.5 Å². The largest absolute Gasteiger partial charge is 0.415 e. The van der Waals surface area contributed by atoms with Gasteiger partial charge in [-0.3, -0.25) is 4.90 Å². The third kappa shape index (κ3) is 4.03. The molecule has 0 N–H and O–H groups in total. The van der Waals surface area contributed by atoms with Gasteiger partial charge < -0.3 is 4.74 Å². The number of rotatable bonds is 2. The molecule has 2 heterocycles. The highest BCUT2D eigenvalue weighted by Crippen LogP contribution is 2.29. The van der Waals surface area contributed by atoms with Crippen LogP contribution in [0.25, 0.3) is 10.9 Å². The fourth-order valence-electron chi connectivity index (χ4n) is 2.99. The van der Waals surface area contributed by atoms with Gasteiger partial charge in [0.15, 0.2) is 6.10 Å². The molecule has 1 aliphatic rings. The van der Waals surface area contributed by atoms with Crippen LogP contribution in [0.2, 0.25) is 5.02 Å². The molecular weight excluding hydrogens is 355 g/mol. The van der Waals surface area contributed by atoms with E-state index in [-0.39, 0.29) is 12.2 Å². The van der Waals surface area contributed by atoms with Crippen LogP contribution in [0.5, 0.6) is 0 Å². The molecule has 3 rings (SSSR count). The van der Waals surface area contributed by atoms with Crippen LogP contribution in [0.15, 0.2) is 24.3 Å². The fourth-order valence-corrected chi connectivity index (χ4v) is 3.26. The van der Waals surface area contributed by atoms with Gasteiger partial charge in [-0.1, -0.05) is 23.7 Å². The predicted octanol–water partition coefficient (Wildman–Crippen LogP) is 3.91. The standard InChI is InChI=1S/C17H15ClF3N3O/c1-10-7-24(9-16(25-10)17(19,20)21)8-11-2-3-13-14(18)5-12(6-22)23-15(13)4-11/h2-5,10,16H,7-9H2,1H3/t10-,16-/m1/s1. The number of morpholine rings is 1. The Morgan fingerprint density at radius 1 is 1.36 bits per heavy atom. The Kier molecular flexibility index (Phi) is 4.87. The molecule has 132 valence electrons. The van der Waals surface area contributed by atoms with Gasteiger partial charge in [-0.25, -0.2) is 4.98 Å². The Morgan fingerprint density at radius 2 is 2.12 bits per heavy atom. The molecule has 1 aromatic heterocycles. The Hall–Kier alpha value is -1.88. The SMILES string of the molecule is C[C@@H]1CN(Cc2ccc3c(Cl)cc(C#N)nc3c2)C[C@H](C(F)(F)F)O1. The van der Waals surface area contributed by atoms with E-state index in [2.05, 4.69) is 4.98 Å². The molecule has 2 aromatic rings. The van der Waals surface area contributed by atoms with Gasteiger partial charge in [-0.05, 0) is 24.6 Å². The van der Waals surface area contributed by atoms with E-state index in [9.17, 15) is 13.2 Å². The summed E-state index contributed by atoms with van der Waals surface area (Å²) in [6.07, 6.45) is -6.67. The molecule has 1 saturated heterocycles. The number of halogens is 4. The molecule has 0 saturated carbocycles.